The lowest BCUT2D eigenvalue weighted by molar-refractivity contribution is -0.123. The third-order valence-electron chi connectivity index (χ3n) is 8.82. The van der Waals surface area contributed by atoms with E-state index in [1.165, 1.54) is 77.0 Å². The highest BCUT2D eigenvalue weighted by Gasteiger charge is 2.17. The third-order valence-corrected chi connectivity index (χ3v) is 8.82. The van der Waals surface area contributed by atoms with E-state index < -0.39 is 12.1 Å². The maximum absolute atomic E-state index is 12.2. The van der Waals surface area contributed by atoms with Crippen molar-refractivity contribution in [3.8, 4) is 0 Å². The van der Waals surface area contributed by atoms with Gasteiger partial charge in [0, 0.05) is 6.42 Å². The second kappa shape index (κ2) is 41.7. The molecule has 0 saturated heterocycles. The molecular weight excluding hydrogens is 627 g/mol. The number of carbonyl (C=O) groups is 1. The zero-order chi connectivity index (χ0) is 37.1. The van der Waals surface area contributed by atoms with Crippen LogP contribution in [0.2, 0.25) is 0 Å². The van der Waals surface area contributed by atoms with Crippen molar-refractivity contribution < 1.29 is 15.0 Å². The van der Waals surface area contributed by atoms with E-state index in [-0.39, 0.29) is 12.5 Å². The predicted molar refractivity (Wildman–Crippen MR) is 225 cm³/mol. The monoisotopic (exact) mass is 706 g/mol. The van der Waals surface area contributed by atoms with Gasteiger partial charge in [-0.3, -0.25) is 4.79 Å². The van der Waals surface area contributed by atoms with Crippen molar-refractivity contribution in [1.29, 1.82) is 0 Å². The summed E-state index contributed by atoms with van der Waals surface area (Å²) in [6, 6.07) is -0.623. The molecule has 0 rings (SSSR count). The minimum Gasteiger partial charge on any atom is -0.394 e. The largest absolute Gasteiger partial charge is 0.394 e. The number of nitrogens with one attached hydrogen (secondary N) is 1. The number of rotatable bonds is 36. The van der Waals surface area contributed by atoms with Crippen LogP contribution in [0.3, 0.4) is 0 Å². The maximum Gasteiger partial charge on any atom is 0.220 e. The summed E-state index contributed by atoms with van der Waals surface area (Å²) in [5, 5.41) is 22.5. The molecule has 2 unspecified atom stereocenters. The summed E-state index contributed by atoms with van der Waals surface area (Å²) in [6.07, 6.45) is 62.8. The number of aliphatic hydroxyl groups is 2. The molecule has 0 bridgehead atoms. The summed E-state index contributed by atoms with van der Waals surface area (Å²) < 4.78 is 0. The summed E-state index contributed by atoms with van der Waals surface area (Å²) in [5.41, 5.74) is 0. The third kappa shape index (κ3) is 38.4. The molecule has 0 spiro atoms. The van der Waals surface area contributed by atoms with Gasteiger partial charge in [-0.1, -0.05) is 195 Å². The van der Waals surface area contributed by atoms with Gasteiger partial charge in [-0.15, -0.1) is 0 Å². The Labute approximate surface area is 315 Å². The molecule has 0 radical (unpaired) electrons. The molecule has 51 heavy (non-hydrogen) atoms. The van der Waals surface area contributed by atoms with E-state index in [1.54, 1.807) is 6.08 Å². The lowest BCUT2D eigenvalue weighted by atomic mass is 10.0. The zero-order valence-corrected chi connectivity index (χ0v) is 33.1. The Bertz CT molecular complexity index is 983. The van der Waals surface area contributed by atoms with E-state index in [9.17, 15) is 15.0 Å². The lowest BCUT2D eigenvalue weighted by Gasteiger charge is -2.19. The van der Waals surface area contributed by atoms with Gasteiger partial charge in [-0.25, -0.2) is 0 Å². The van der Waals surface area contributed by atoms with Crippen LogP contribution in [0.25, 0.3) is 0 Å². The van der Waals surface area contributed by atoms with Gasteiger partial charge in [-0.2, -0.15) is 0 Å². The molecule has 0 fully saturated rings. The van der Waals surface area contributed by atoms with Gasteiger partial charge in [0.05, 0.1) is 18.8 Å². The fourth-order valence-electron chi connectivity index (χ4n) is 5.61. The van der Waals surface area contributed by atoms with Crippen LogP contribution in [-0.2, 0) is 4.79 Å². The lowest BCUT2D eigenvalue weighted by Crippen LogP contribution is -2.45. The molecule has 3 N–H and O–H groups in total. The van der Waals surface area contributed by atoms with Gasteiger partial charge in [0.25, 0.3) is 0 Å². The Balaban J connectivity index is 3.50. The minimum absolute atomic E-state index is 0.0802. The molecular formula is C47H79NO3. The quantitative estimate of drug-likeness (QED) is 0.0449. The first-order valence-corrected chi connectivity index (χ1v) is 21.0. The van der Waals surface area contributed by atoms with Crippen molar-refractivity contribution in [2.75, 3.05) is 6.61 Å². The molecule has 0 aliphatic heterocycles. The number of unbranched alkanes of at least 4 members (excludes halogenated alkanes) is 15. The number of amides is 1. The summed E-state index contributed by atoms with van der Waals surface area (Å²) in [4.78, 5) is 12.2. The maximum atomic E-state index is 12.2. The molecule has 290 valence electrons. The predicted octanol–water partition coefficient (Wildman–Crippen LogP) is 13.1. The van der Waals surface area contributed by atoms with Gasteiger partial charge in [0.1, 0.15) is 0 Å². The van der Waals surface area contributed by atoms with Crippen molar-refractivity contribution in [2.24, 2.45) is 0 Å². The first-order chi connectivity index (χ1) is 25.2. The number of hydrogen-bond donors (Lipinski definition) is 3. The van der Waals surface area contributed by atoms with Crippen LogP contribution in [0.5, 0.6) is 0 Å². The van der Waals surface area contributed by atoms with Crippen LogP contribution >= 0.6 is 0 Å². The highest BCUT2D eigenvalue weighted by atomic mass is 16.3. The average Bonchev–Trinajstić information content (AvgIpc) is 3.13. The molecule has 0 aromatic rings. The fourth-order valence-corrected chi connectivity index (χ4v) is 5.61. The van der Waals surface area contributed by atoms with Crippen molar-refractivity contribution >= 4 is 5.91 Å². The summed E-state index contributed by atoms with van der Waals surface area (Å²) >= 11 is 0. The van der Waals surface area contributed by atoms with E-state index in [1.807, 2.05) is 6.08 Å². The Morgan fingerprint density at radius 2 is 0.863 bits per heavy atom. The number of carbonyl (C=O) groups excluding carboxylic acids is 1. The SMILES string of the molecule is CC/C=C\C/C=C\C/C=C\C/C=C\C/C=C\C/C=C\C/C=C\CCCCCCCCCCCCCCCC(=O)NC(CO)C(O)/C=C/CCCC. The normalized spacial score (nSPS) is 14.0. The topological polar surface area (TPSA) is 69.6 Å². The number of allylic oxidation sites excluding steroid dienone is 15. The molecule has 1 amide bonds. The van der Waals surface area contributed by atoms with Crippen molar-refractivity contribution in [2.45, 2.75) is 187 Å². The van der Waals surface area contributed by atoms with E-state index in [2.05, 4.69) is 104 Å². The Kier molecular flexibility index (Phi) is 39.5. The van der Waals surface area contributed by atoms with Crippen LogP contribution in [0.4, 0.5) is 0 Å². The molecule has 0 aromatic carbocycles. The summed E-state index contributed by atoms with van der Waals surface area (Å²) in [6.45, 7) is 4.04. The van der Waals surface area contributed by atoms with Crippen LogP contribution < -0.4 is 5.32 Å². The second-order valence-corrected chi connectivity index (χ2v) is 13.7. The first kappa shape index (κ1) is 48.3. The highest BCUT2D eigenvalue weighted by Crippen LogP contribution is 2.14. The van der Waals surface area contributed by atoms with Gasteiger partial charge in [-0.05, 0) is 70.6 Å². The molecule has 0 aromatic heterocycles. The number of hydrogen-bond acceptors (Lipinski definition) is 3. The summed E-state index contributed by atoms with van der Waals surface area (Å²) in [5.74, 6) is -0.0802. The molecule has 2 atom stereocenters. The number of aliphatic hydroxyl groups excluding tert-OH is 2. The minimum atomic E-state index is -0.839. The molecule has 0 aliphatic rings. The Morgan fingerprint density at radius 3 is 1.27 bits per heavy atom. The fraction of sp³-hybridized carbons (Fsp3) is 0.638. The smallest absolute Gasteiger partial charge is 0.220 e. The molecule has 0 aliphatic carbocycles. The standard InChI is InChI=1S/C47H79NO3/c1-3-5-7-9-10-11-12-13-14-15-16-17-18-19-20-21-22-23-24-25-26-27-28-29-30-31-32-33-34-35-36-37-38-39-41-43-47(51)48-45(44-49)46(50)42-40-8-6-4-2/h5,7,10-11,13-14,16-17,19-20,22-23,25-26,40,42,45-46,49-50H,3-4,6,8-9,12,15,18,21,24,27-39,41,43-44H2,1-2H3,(H,48,51)/b7-5-,11-10-,14-13-,17-16-,20-19-,23-22-,26-25-,42-40+. The molecule has 0 heterocycles. The Morgan fingerprint density at radius 1 is 0.490 bits per heavy atom. The van der Waals surface area contributed by atoms with Crippen LogP contribution in [0.15, 0.2) is 97.2 Å². The second-order valence-electron chi connectivity index (χ2n) is 13.7. The van der Waals surface area contributed by atoms with Crippen molar-refractivity contribution in [1.82, 2.24) is 5.32 Å². The molecule has 4 nitrogen and oxygen atoms in total. The first-order valence-electron chi connectivity index (χ1n) is 21.0. The van der Waals surface area contributed by atoms with Crippen molar-refractivity contribution in [3.63, 3.8) is 0 Å². The molecule has 0 saturated carbocycles. The molecule has 4 heteroatoms. The average molecular weight is 706 g/mol. The van der Waals surface area contributed by atoms with Crippen molar-refractivity contribution in [3.05, 3.63) is 97.2 Å². The zero-order valence-electron chi connectivity index (χ0n) is 33.1. The van der Waals surface area contributed by atoms with E-state index in [0.29, 0.717) is 6.42 Å². The van der Waals surface area contributed by atoms with Gasteiger partial charge < -0.3 is 15.5 Å². The van der Waals surface area contributed by atoms with Gasteiger partial charge >= 0.3 is 0 Å². The highest BCUT2D eigenvalue weighted by molar-refractivity contribution is 5.76. The summed E-state index contributed by atoms with van der Waals surface area (Å²) in [7, 11) is 0. The van der Waals surface area contributed by atoms with E-state index in [4.69, 9.17) is 0 Å². The van der Waals surface area contributed by atoms with Crippen LogP contribution in [0.1, 0.15) is 174 Å². The van der Waals surface area contributed by atoms with Gasteiger partial charge in [0.15, 0.2) is 0 Å². The van der Waals surface area contributed by atoms with Crippen LogP contribution in [-0.4, -0.2) is 34.9 Å². The Hall–Kier alpha value is -2.69. The van der Waals surface area contributed by atoms with Crippen LogP contribution in [0, 0.1) is 0 Å². The van der Waals surface area contributed by atoms with Gasteiger partial charge in [0.2, 0.25) is 5.91 Å². The van der Waals surface area contributed by atoms with E-state index >= 15 is 0 Å². The van der Waals surface area contributed by atoms with E-state index in [0.717, 1.165) is 77.0 Å².